The SMILES string of the molecule is COc1ccc(N=Cc2cc(I)cc(I)c2O)cc1OC. The Morgan fingerprint density at radius 2 is 1.76 bits per heavy atom. The van der Waals surface area contributed by atoms with Gasteiger partial charge in [0.25, 0.3) is 0 Å². The fourth-order valence-electron chi connectivity index (χ4n) is 1.73. The van der Waals surface area contributed by atoms with Crippen molar-refractivity contribution < 1.29 is 14.6 Å². The molecule has 0 atom stereocenters. The minimum Gasteiger partial charge on any atom is -0.506 e. The smallest absolute Gasteiger partial charge is 0.162 e. The molecule has 0 radical (unpaired) electrons. The molecule has 0 amide bonds. The Kier molecular flexibility index (Phi) is 5.68. The zero-order valence-corrected chi connectivity index (χ0v) is 15.7. The average Bonchev–Trinajstić information content (AvgIpc) is 2.49. The van der Waals surface area contributed by atoms with E-state index in [0.29, 0.717) is 17.1 Å². The van der Waals surface area contributed by atoms with E-state index < -0.39 is 0 Å². The molecule has 110 valence electrons. The van der Waals surface area contributed by atoms with Crippen LogP contribution in [-0.2, 0) is 0 Å². The largest absolute Gasteiger partial charge is 0.506 e. The van der Waals surface area contributed by atoms with Crippen LogP contribution in [-0.4, -0.2) is 25.5 Å². The van der Waals surface area contributed by atoms with Crippen molar-refractivity contribution in [2.75, 3.05) is 14.2 Å². The molecule has 0 bridgehead atoms. The molecule has 1 N–H and O–H groups in total. The minimum atomic E-state index is 0.236. The van der Waals surface area contributed by atoms with Crippen molar-refractivity contribution in [1.82, 2.24) is 0 Å². The van der Waals surface area contributed by atoms with E-state index in [-0.39, 0.29) is 5.75 Å². The maximum atomic E-state index is 10.0. The number of hydrogen-bond acceptors (Lipinski definition) is 4. The van der Waals surface area contributed by atoms with Gasteiger partial charge in [0, 0.05) is 21.4 Å². The van der Waals surface area contributed by atoms with Crippen molar-refractivity contribution in [3.05, 3.63) is 43.0 Å². The summed E-state index contributed by atoms with van der Waals surface area (Å²) in [5.41, 5.74) is 1.40. The van der Waals surface area contributed by atoms with Crippen LogP contribution >= 0.6 is 45.2 Å². The highest BCUT2D eigenvalue weighted by atomic mass is 127. The average molecular weight is 509 g/mol. The molecule has 0 spiro atoms. The Balaban J connectivity index is 2.34. The molecule has 0 aliphatic rings. The van der Waals surface area contributed by atoms with Crippen molar-refractivity contribution >= 4 is 57.1 Å². The lowest BCUT2D eigenvalue weighted by Crippen LogP contribution is -1.90. The molecule has 2 aromatic carbocycles. The zero-order chi connectivity index (χ0) is 15.4. The van der Waals surface area contributed by atoms with Gasteiger partial charge in [0.15, 0.2) is 11.5 Å². The first-order valence-corrected chi connectivity index (χ1v) is 8.15. The maximum Gasteiger partial charge on any atom is 0.162 e. The van der Waals surface area contributed by atoms with Crippen LogP contribution in [0.4, 0.5) is 5.69 Å². The molecule has 4 nitrogen and oxygen atoms in total. The predicted octanol–water partition coefficient (Wildman–Crippen LogP) is 4.37. The monoisotopic (exact) mass is 509 g/mol. The highest BCUT2D eigenvalue weighted by Gasteiger charge is 2.06. The number of aliphatic imine (C=N–C) groups is 1. The fourth-order valence-corrected chi connectivity index (χ4v) is 3.62. The van der Waals surface area contributed by atoms with E-state index in [9.17, 15) is 5.11 Å². The normalized spacial score (nSPS) is 10.9. The first-order valence-electron chi connectivity index (χ1n) is 5.99. The van der Waals surface area contributed by atoms with Gasteiger partial charge >= 0.3 is 0 Å². The summed E-state index contributed by atoms with van der Waals surface area (Å²) < 4.78 is 12.3. The molecular weight excluding hydrogens is 496 g/mol. The molecule has 0 aliphatic carbocycles. The molecule has 0 aliphatic heterocycles. The van der Waals surface area contributed by atoms with Gasteiger partial charge in [-0.15, -0.1) is 0 Å². The van der Waals surface area contributed by atoms with Crippen molar-refractivity contribution in [3.8, 4) is 17.2 Å². The molecule has 2 aromatic rings. The second-order valence-electron chi connectivity index (χ2n) is 4.12. The van der Waals surface area contributed by atoms with Crippen LogP contribution < -0.4 is 9.47 Å². The summed E-state index contributed by atoms with van der Waals surface area (Å²) in [5.74, 6) is 1.51. The van der Waals surface area contributed by atoms with Crippen LogP contribution in [0.1, 0.15) is 5.56 Å². The number of aromatic hydroxyl groups is 1. The molecule has 0 fully saturated rings. The number of rotatable bonds is 4. The lowest BCUT2D eigenvalue weighted by atomic mass is 10.2. The quantitative estimate of drug-likeness (QED) is 0.493. The topological polar surface area (TPSA) is 51.0 Å². The number of benzene rings is 2. The van der Waals surface area contributed by atoms with Crippen LogP contribution in [0.5, 0.6) is 17.2 Å². The minimum absolute atomic E-state index is 0.236. The lowest BCUT2D eigenvalue weighted by Gasteiger charge is -2.07. The molecule has 6 heteroatoms. The number of hydrogen-bond donors (Lipinski definition) is 1. The number of halogens is 2. The summed E-state index contributed by atoms with van der Waals surface area (Å²) >= 11 is 4.31. The number of phenols is 1. The molecule has 0 unspecified atom stereocenters. The third-order valence-corrected chi connectivity index (χ3v) is 4.22. The van der Waals surface area contributed by atoms with Crippen LogP contribution in [0.3, 0.4) is 0 Å². The van der Waals surface area contributed by atoms with Gasteiger partial charge < -0.3 is 14.6 Å². The highest BCUT2D eigenvalue weighted by Crippen LogP contribution is 2.31. The summed E-state index contributed by atoms with van der Waals surface area (Å²) in [7, 11) is 3.17. The van der Waals surface area contributed by atoms with Gasteiger partial charge in [-0.05, 0) is 69.4 Å². The molecule has 0 heterocycles. The van der Waals surface area contributed by atoms with Gasteiger partial charge in [0.05, 0.1) is 23.5 Å². The zero-order valence-electron chi connectivity index (χ0n) is 11.4. The molecule has 0 saturated heterocycles. The van der Waals surface area contributed by atoms with Crippen LogP contribution in [0, 0.1) is 7.14 Å². The number of ether oxygens (including phenoxy) is 2. The van der Waals surface area contributed by atoms with Crippen LogP contribution in [0.2, 0.25) is 0 Å². The molecule has 21 heavy (non-hydrogen) atoms. The van der Waals surface area contributed by atoms with Crippen molar-refractivity contribution in [1.29, 1.82) is 0 Å². The Bertz CT molecular complexity index is 687. The first kappa shape index (κ1) is 16.3. The Morgan fingerprint density at radius 1 is 1.05 bits per heavy atom. The summed E-state index contributed by atoms with van der Waals surface area (Å²) in [5, 5.41) is 10.0. The molecular formula is C15H13I2NO3. The number of phenolic OH excluding ortho intramolecular Hbond substituents is 1. The third-order valence-electron chi connectivity index (χ3n) is 2.78. The summed E-state index contributed by atoms with van der Waals surface area (Å²) in [6.45, 7) is 0. The van der Waals surface area contributed by atoms with E-state index >= 15 is 0 Å². The van der Waals surface area contributed by atoms with E-state index in [4.69, 9.17) is 9.47 Å². The van der Waals surface area contributed by atoms with Gasteiger partial charge in [-0.3, -0.25) is 4.99 Å². The second kappa shape index (κ2) is 7.30. The fraction of sp³-hybridized carbons (Fsp3) is 0.133. The third kappa shape index (κ3) is 4.00. The molecule has 2 rings (SSSR count). The van der Waals surface area contributed by atoms with Crippen LogP contribution in [0.25, 0.3) is 0 Å². The second-order valence-corrected chi connectivity index (χ2v) is 6.53. The van der Waals surface area contributed by atoms with Gasteiger partial charge in [0.1, 0.15) is 5.75 Å². The van der Waals surface area contributed by atoms with E-state index in [1.165, 1.54) is 0 Å². The summed E-state index contributed by atoms with van der Waals surface area (Å²) in [6.07, 6.45) is 1.64. The van der Waals surface area contributed by atoms with E-state index in [0.717, 1.165) is 12.8 Å². The van der Waals surface area contributed by atoms with Gasteiger partial charge in [0.2, 0.25) is 0 Å². The van der Waals surface area contributed by atoms with Crippen LogP contribution in [0.15, 0.2) is 35.3 Å². The van der Waals surface area contributed by atoms with Gasteiger partial charge in [-0.25, -0.2) is 0 Å². The summed E-state index contributed by atoms with van der Waals surface area (Å²) in [6, 6.07) is 9.19. The molecule has 0 saturated carbocycles. The van der Waals surface area contributed by atoms with Crippen molar-refractivity contribution in [3.63, 3.8) is 0 Å². The Labute approximate surface area is 150 Å². The van der Waals surface area contributed by atoms with E-state index in [1.54, 1.807) is 32.6 Å². The Morgan fingerprint density at radius 3 is 2.43 bits per heavy atom. The van der Waals surface area contributed by atoms with Gasteiger partial charge in [-0.2, -0.15) is 0 Å². The molecule has 0 aromatic heterocycles. The summed E-state index contributed by atoms with van der Waals surface area (Å²) in [4.78, 5) is 4.38. The van der Waals surface area contributed by atoms with Gasteiger partial charge in [-0.1, -0.05) is 0 Å². The van der Waals surface area contributed by atoms with E-state index in [1.807, 2.05) is 18.2 Å². The number of nitrogens with zero attached hydrogens (tertiary/aromatic N) is 1. The van der Waals surface area contributed by atoms with Crippen molar-refractivity contribution in [2.45, 2.75) is 0 Å². The first-order chi connectivity index (χ1) is 10.0. The maximum absolute atomic E-state index is 10.0. The predicted molar refractivity (Wildman–Crippen MR) is 100 cm³/mol. The van der Waals surface area contributed by atoms with Crippen molar-refractivity contribution in [2.24, 2.45) is 4.99 Å². The Hall–Kier alpha value is -1.03. The highest BCUT2D eigenvalue weighted by molar-refractivity contribution is 14.1. The number of methoxy groups -OCH3 is 2. The van der Waals surface area contributed by atoms with E-state index in [2.05, 4.69) is 50.2 Å². The lowest BCUT2D eigenvalue weighted by molar-refractivity contribution is 0.355. The standard InChI is InChI=1S/C15H13I2NO3/c1-20-13-4-3-11(7-14(13)21-2)18-8-9-5-10(16)6-12(17)15(9)19/h3-8,19H,1-2H3.